The maximum Gasteiger partial charge on any atom is 0.231 e. The van der Waals surface area contributed by atoms with E-state index in [4.69, 9.17) is 14.7 Å². The fraction of sp³-hybridized carbons (Fsp3) is 0.562. The smallest absolute Gasteiger partial charge is 0.231 e. The molecule has 0 radical (unpaired) electrons. The lowest BCUT2D eigenvalue weighted by Gasteiger charge is -2.34. The summed E-state index contributed by atoms with van der Waals surface area (Å²) in [5.41, 5.74) is 4.22. The van der Waals surface area contributed by atoms with Gasteiger partial charge in [-0.05, 0) is 95.0 Å². The predicted octanol–water partition coefficient (Wildman–Crippen LogP) is 7.13. The number of anilines is 1. The van der Waals surface area contributed by atoms with Gasteiger partial charge in [-0.1, -0.05) is 19.3 Å². The van der Waals surface area contributed by atoms with Crippen molar-refractivity contribution in [1.29, 1.82) is 0 Å². The molecule has 208 valence electrons. The van der Waals surface area contributed by atoms with E-state index in [-0.39, 0.29) is 11.8 Å². The monoisotopic (exact) mass is 529 g/mol. The van der Waals surface area contributed by atoms with Crippen molar-refractivity contribution < 1.29 is 9.53 Å². The molecule has 7 heteroatoms. The number of ether oxygens (including phenoxy) is 1. The summed E-state index contributed by atoms with van der Waals surface area (Å²) in [6.07, 6.45) is 15.7. The van der Waals surface area contributed by atoms with E-state index in [1.54, 1.807) is 7.11 Å². The van der Waals surface area contributed by atoms with Crippen LogP contribution in [0.25, 0.3) is 11.1 Å². The third-order valence-corrected chi connectivity index (χ3v) is 8.69. The van der Waals surface area contributed by atoms with Gasteiger partial charge in [-0.2, -0.15) is 5.10 Å². The lowest BCUT2D eigenvalue weighted by atomic mass is 9.79. The van der Waals surface area contributed by atoms with E-state index in [0.29, 0.717) is 17.9 Å². The molecular formula is C32H43N5O2. The van der Waals surface area contributed by atoms with Gasteiger partial charge in [0.15, 0.2) is 0 Å². The van der Waals surface area contributed by atoms with Crippen molar-refractivity contribution in [2.24, 2.45) is 11.8 Å². The van der Waals surface area contributed by atoms with E-state index in [2.05, 4.69) is 37.3 Å². The van der Waals surface area contributed by atoms with E-state index in [0.717, 1.165) is 86.3 Å². The second-order valence-corrected chi connectivity index (χ2v) is 11.7. The third-order valence-electron chi connectivity index (χ3n) is 8.69. The summed E-state index contributed by atoms with van der Waals surface area (Å²) in [4.78, 5) is 25.5. The SMILES string of the molecule is COc1ccc([C@H]2CC[C@H](CN(C(=O)C3CCCCC3)c3cc(-c4cnn(C(C)C)c4)ccn3)CC2)nc1C. The maximum atomic E-state index is 13.9. The first-order valence-corrected chi connectivity index (χ1v) is 14.8. The average Bonchev–Trinajstić information content (AvgIpc) is 3.48. The first-order valence-electron chi connectivity index (χ1n) is 14.8. The Morgan fingerprint density at radius 3 is 2.49 bits per heavy atom. The minimum atomic E-state index is 0.107. The number of hydrogen-bond acceptors (Lipinski definition) is 5. The molecule has 1 amide bonds. The number of amides is 1. The maximum absolute atomic E-state index is 13.9. The Morgan fingerprint density at radius 1 is 1.05 bits per heavy atom. The highest BCUT2D eigenvalue weighted by atomic mass is 16.5. The lowest BCUT2D eigenvalue weighted by molar-refractivity contribution is -0.123. The van der Waals surface area contributed by atoms with Crippen LogP contribution in [-0.2, 0) is 4.79 Å². The molecule has 0 aromatic carbocycles. The second-order valence-electron chi connectivity index (χ2n) is 11.7. The molecule has 2 aliphatic carbocycles. The fourth-order valence-electron chi connectivity index (χ4n) is 6.29. The summed E-state index contributed by atoms with van der Waals surface area (Å²) in [5.74, 6) is 2.91. The number of methoxy groups -OCH3 is 1. The van der Waals surface area contributed by atoms with Gasteiger partial charge in [0.2, 0.25) is 5.91 Å². The summed E-state index contributed by atoms with van der Waals surface area (Å²) >= 11 is 0. The van der Waals surface area contributed by atoms with Crippen LogP contribution in [0.1, 0.15) is 95.0 Å². The van der Waals surface area contributed by atoms with Crippen LogP contribution in [0.15, 0.2) is 42.9 Å². The van der Waals surface area contributed by atoms with Crippen molar-refractivity contribution in [3.63, 3.8) is 0 Å². The van der Waals surface area contributed by atoms with E-state index in [9.17, 15) is 4.79 Å². The summed E-state index contributed by atoms with van der Waals surface area (Å²) < 4.78 is 7.37. The van der Waals surface area contributed by atoms with Gasteiger partial charge in [0.05, 0.1) is 19.0 Å². The van der Waals surface area contributed by atoms with Crippen LogP contribution in [0.5, 0.6) is 5.75 Å². The van der Waals surface area contributed by atoms with Crippen LogP contribution in [0.3, 0.4) is 0 Å². The van der Waals surface area contributed by atoms with Gasteiger partial charge < -0.3 is 4.74 Å². The van der Waals surface area contributed by atoms with Gasteiger partial charge in [0, 0.05) is 48.1 Å². The topological polar surface area (TPSA) is 73.1 Å². The van der Waals surface area contributed by atoms with Gasteiger partial charge in [0.1, 0.15) is 11.6 Å². The number of nitrogens with zero attached hydrogens (tertiary/aromatic N) is 5. The van der Waals surface area contributed by atoms with Crippen molar-refractivity contribution in [2.45, 2.75) is 90.5 Å². The Bertz CT molecular complexity index is 1250. The van der Waals surface area contributed by atoms with Crippen molar-refractivity contribution >= 4 is 11.7 Å². The van der Waals surface area contributed by atoms with Gasteiger partial charge >= 0.3 is 0 Å². The highest BCUT2D eigenvalue weighted by molar-refractivity contribution is 5.94. The molecule has 2 saturated carbocycles. The van der Waals surface area contributed by atoms with Gasteiger partial charge in [-0.15, -0.1) is 0 Å². The summed E-state index contributed by atoms with van der Waals surface area (Å²) in [7, 11) is 1.69. The molecule has 0 aliphatic heterocycles. The molecule has 5 rings (SSSR count). The number of carbonyl (C=O) groups excluding carboxylic acids is 1. The minimum absolute atomic E-state index is 0.107. The zero-order chi connectivity index (χ0) is 27.4. The third kappa shape index (κ3) is 6.34. The van der Waals surface area contributed by atoms with Crippen molar-refractivity contribution in [3.8, 4) is 16.9 Å². The van der Waals surface area contributed by atoms with E-state index < -0.39 is 0 Å². The molecule has 7 nitrogen and oxygen atoms in total. The Morgan fingerprint density at radius 2 is 1.82 bits per heavy atom. The normalized spacial score (nSPS) is 20.2. The molecule has 3 aromatic rings. The standard InChI is InChI=1S/C32H43N5O2/c1-22(2)37-21-28(19-34-37)27-16-17-33-31(18-27)36(32(38)26-8-6-5-7-9-26)20-24-10-12-25(13-11-24)29-14-15-30(39-4)23(3)35-29/h14-19,21-22,24-26H,5-13,20H2,1-4H3/t24-,25-. The van der Waals surface area contributed by atoms with E-state index >= 15 is 0 Å². The van der Waals surface area contributed by atoms with Crippen LogP contribution >= 0.6 is 0 Å². The van der Waals surface area contributed by atoms with Crippen LogP contribution in [-0.4, -0.2) is 39.3 Å². The van der Waals surface area contributed by atoms with Crippen LogP contribution < -0.4 is 9.64 Å². The summed E-state index contributed by atoms with van der Waals surface area (Å²) in [6, 6.07) is 8.56. The predicted molar refractivity (Wildman–Crippen MR) is 155 cm³/mol. The van der Waals surface area contributed by atoms with Crippen molar-refractivity contribution in [1.82, 2.24) is 19.7 Å². The molecule has 0 bridgehead atoms. The molecule has 0 N–H and O–H groups in total. The van der Waals surface area contributed by atoms with Crippen LogP contribution in [0, 0.1) is 18.8 Å². The molecule has 0 spiro atoms. The average molecular weight is 530 g/mol. The molecule has 0 atom stereocenters. The second kappa shape index (κ2) is 12.3. The highest BCUT2D eigenvalue weighted by Gasteiger charge is 2.32. The number of hydrogen-bond donors (Lipinski definition) is 0. The number of aromatic nitrogens is 4. The van der Waals surface area contributed by atoms with Gasteiger partial charge in [0.25, 0.3) is 0 Å². The lowest BCUT2D eigenvalue weighted by Crippen LogP contribution is -2.41. The van der Waals surface area contributed by atoms with Gasteiger partial charge in [-0.25, -0.2) is 4.98 Å². The van der Waals surface area contributed by atoms with Crippen LogP contribution in [0.2, 0.25) is 0 Å². The Kier molecular flexibility index (Phi) is 8.63. The van der Waals surface area contributed by atoms with Crippen molar-refractivity contribution in [3.05, 3.63) is 54.2 Å². The highest BCUT2D eigenvalue weighted by Crippen LogP contribution is 2.37. The number of aryl methyl sites for hydroxylation is 1. The Labute approximate surface area is 233 Å². The molecule has 3 heterocycles. The molecule has 2 fully saturated rings. The molecular weight excluding hydrogens is 486 g/mol. The molecule has 0 saturated heterocycles. The van der Waals surface area contributed by atoms with E-state index in [1.807, 2.05) is 41.0 Å². The van der Waals surface area contributed by atoms with Crippen LogP contribution in [0.4, 0.5) is 5.82 Å². The first-order chi connectivity index (χ1) is 18.9. The van der Waals surface area contributed by atoms with E-state index in [1.165, 1.54) is 12.1 Å². The molecule has 2 aliphatic rings. The molecule has 0 unspecified atom stereocenters. The van der Waals surface area contributed by atoms with Gasteiger partial charge in [-0.3, -0.25) is 19.4 Å². The molecule has 39 heavy (non-hydrogen) atoms. The minimum Gasteiger partial charge on any atom is -0.495 e. The number of carbonyl (C=O) groups is 1. The Hall–Kier alpha value is -3.22. The largest absolute Gasteiger partial charge is 0.495 e. The number of rotatable bonds is 8. The Balaban J connectivity index is 1.33. The zero-order valence-corrected chi connectivity index (χ0v) is 24.0. The fourth-order valence-corrected chi connectivity index (χ4v) is 6.29. The summed E-state index contributed by atoms with van der Waals surface area (Å²) in [6.45, 7) is 7.00. The molecule has 3 aromatic heterocycles. The quantitative estimate of drug-likeness (QED) is 0.310. The van der Waals surface area contributed by atoms with Crippen molar-refractivity contribution in [2.75, 3.05) is 18.6 Å². The number of pyridine rings is 2. The summed E-state index contributed by atoms with van der Waals surface area (Å²) in [5, 5.41) is 4.52. The zero-order valence-electron chi connectivity index (χ0n) is 24.0. The first kappa shape index (κ1) is 27.4.